The Hall–Kier alpha value is -1.25. The molecule has 1 fully saturated rings. The minimum Gasteiger partial charge on any atom is -0.382 e. The molecule has 0 unspecified atom stereocenters. The maximum Gasteiger partial charge on any atom is 0.151 e. The van der Waals surface area contributed by atoms with Gasteiger partial charge in [0.2, 0.25) is 0 Å². The Morgan fingerprint density at radius 1 is 1.47 bits per heavy atom. The molecule has 82 valence electrons. The average molecular weight is 205 g/mol. The van der Waals surface area contributed by atoms with Crippen LogP contribution in [0.3, 0.4) is 0 Å². The molecule has 0 spiro atoms. The molecule has 0 radical (unpaired) electrons. The standard InChI is InChI=1S/C12H19N3/c1-15(2)12-11(7-4-8-13-12)14-9-10-5-3-6-10/h4,7-8,10,14H,3,5-6,9H2,1-2H3. The van der Waals surface area contributed by atoms with Crippen LogP contribution in [0.1, 0.15) is 19.3 Å². The molecule has 3 heteroatoms. The molecule has 0 aliphatic heterocycles. The number of nitrogens with one attached hydrogen (secondary N) is 1. The number of anilines is 2. The topological polar surface area (TPSA) is 28.2 Å². The van der Waals surface area contributed by atoms with Gasteiger partial charge in [-0.05, 0) is 30.9 Å². The first-order chi connectivity index (χ1) is 7.27. The van der Waals surface area contributed by atoms with E-state index in [-0.39, 0.29) is 0 Å². The largest absolute Gasteiger partial charge is 0.382 e. The number of hydrogen-bond donors (Lipinski definition) is 1. The average Bonchev–Trinajstić information content (AvgIpc) is 2.16. The molecule has 0 atom stereocenters. The highest BCUT2D eigenvalue weighted by molar-refractivity contribution is 5.64. The first-order valence-electron chi connectivity index (χ1n) is 5.63. The fraction of sp³-hybridized carbons (Fsp3) is 0.583. The fourth-order valence-electron chi connectivity index (χ4n) is 1.84. The summed E-state index contributed by atoms with van der Waals surface area (Å²) in [5, 5.41) is 3.49. The third-order valence-electron chi connectivity index (χ3n) is 3.02. The Labute approximate surface area is 91.5 Å². The van der Waals surface area contributed by atoms with E-state index in [2.05, 4.69) is 16.4 Å². The Bertz CT molecular complexity index is 318. The highest BCUT2D eigenvalue weighted by Gasteiger charge is 2.17. The van der Waals surface area contributed by atoms with Crippen molar-refractivity contribution in [3.63, 3.8) is 0 Å². The highest BCUT2D eigenvalue weighted by atomic mass is 15.2. The van der Waals surface area contributed by atoms with Crippen molar-refractivity contribution in [2.24, 2.45) is 5.92 Å². The van der Waals surface area contributed by atoms with E-state index < -0.39 is 0 Å². The van der Waals surface area contributed by atoms with Gasteiger partial charge in [-0.3, -0.25) is 0 Å². The van der Waals surface area contributed by atoms with Crippen LogP contribution in [0.25, 0.3) is 0 Å². The molecule has 3 nitrogen and oxygen atoms in total. The van der Waals surface area contributed by atoms with Crippen LogP contribution < -0.4 is 10.2 Å². The van der Waals surface area contributed by atoms with Crippen molar-refractivity contribution >= 4 is 11.5 Å². The van der Waals surface area contributed by atoms with E-state index in [0.29, 0.717) is 0 Å². The molecule has 1 aliphatic rings. The summed E-state index contributed by atoms with van der Waals surface area (Å²) in [4.78, 5) is 6.41. The van der Waals surface area contributed by atoms with E-state index in [1.807, 2.05) is 31.3 Å². The molecule has 0 amide bonds. The molecule has 1 aliphatic carbocycles. The molecule has 0 aromatic carbocycles. The summed E-state index contributed by atoms with van der Waals surface area (Å²) in [7, 11) is 4.05. The molecule has 15 heavy (non-hydrogen) atoms. The quantitative estimate of drug-likeness (QED) is 0.818. The zero-order valence-electron chi connectivity index (χ0n) is 9.53. The van der Waals surface area contributed by atoms with Gasteiger partial charge in [0.05, 0.1) is 5.69 Å². The van der Waals surface area contributed by atoms with E-state index in [4.69, 9.17) is 0 Å². The van der Waals surface area contributed by atoms with E-state index in [0.717, 1.165) is 24.0 Å². The molecule has 1 heterocycles. The molecular formula is C12H19N3. The summed E-state index contributed by atoms with van der Waals surface area (Å²) in [6, 6.07) is 4.08. The van der Waals surface area contributed by atoms with Gasteiger partial charge in [-0.15, -0.1) is 0 Å². The Morgan fingerprint density at radius 3 is 2.87 bits per heavy atom. The van der Waals surface area contributed by atoms with Crippen molar-refractivity contribution in [2.75, 3.05) is 30.9 Å². The zero-order chi connectivity index (χ0) is 10.7. The van der Waals surface area contributed by atoms with Gasteiger partial charge >= 0.3 is 0 Å². The zero-order valence-corrected chi connectivity index (χ0v) is 9.53. The highest BCUT2D eigenvalue weighted by Crippen LogP contribution is 2.28. The summed E-state index contributed by atoms with van der Waals surface area (Å²) in [6.07, 6.45) is 6.00. The van der Waals surface area contributed by atoms with Crippen molar-refractivity contribution in [3.05, 3.63) is 18.3 Å². The third-order valence-corrected chi connectivity index (χ3v) is 3.02. The summed E-state index contributed by atoms with van der Waals surface area (Å²) in [5.74, 6) is 1.90. The first kappa shape index (κ1) is 10.3. The smallest absolute Gasteiger partial charge is 0.151 e. The molecule has 0 bridgehead atoms. The van der Waals surface area contributed by atoms with E-state index in [1.54, 1.807) is 0 Å². The lowest BCUT2D eigenvalue weighted by Gasteiger charge is -2.26. The summed E-state index contributed by atoms with van der Waals surface area (Å²) in [6.45, 7) is 1.09. The molecule has 0 saturated heterocycles. The Balaban J connectivity index is 1.99. The normalized spacial score (nSPS) is 15.9. The van der Waals surface area contributed by atoms with Crippen molar-refractivity contribution < 1.29 is 0 Å². The number of hydrogen-bond acceptors (Lipinski definition) is 3. The van der Waals surface area contributed by atoms with Crippen molar-refractivity contribution in [1.82, 2.24) is 4.98 Å². The monoisotopic (exact) mass is 205 g/mol. The van der Waals surface area contributed by atoms with Crippen LogP contribution in [0.15, 0.2) is 18.3 Å². The minimum absolute atomic E-state index is 0.875. The lowest BCUT2D eigenvalue weighted by Crippen LogP contribution is -2.22. The molecule has 1 saturated carbocycles. The van der Waals surface area contributed by atoms with Crippen LogP contribution in [-0.2, 0) is 0 Å². The van der Waals surface area contributed by atoms with Crippen molar-refractivity contribution in [1.29, 1.82) is 0 Å². The number of nitrogens with zero attached hydrogens (tertiary/aromatic N) is 2. The minimum atomic E-state index is 0.875. The van der Waals surface area contributed by atoms with Gasteiger partial charge in [-0.25, -0.2) is 4.98 Å². The molecule has 1 aromatic heterocycles. The molecule has 1 N–H and O–H groups in total. The van der Waals surface area contributed by atoms with Crippen LogP contribution in [-0.4, -0.2) is 25.6 Å². The second-order valence-electron chi connectivity index (χ2n) is 4.45. The van der Waals surface area contributed by atoms with Crippen LogP contribution in [0.5, 0.6) is 0 Å². The lowest BCUT2D eigenvalue weighted by atomic mass is 9.85. The Morgan fingerprint density at radius 2 is 2.27 bits per heavy atom. The predicted octanol–water partition coefficient (Wildman–Crippen LogP) is 2.36. The van der Waals surface area contributed by atoms with Crippen LogP contribution in [0, 0.1) is 5.92 Å². The first-order valence-corrected chi connectivity index (χ1v) is 5.63. The van der Waals surface area contributed by atoms with Gasteiger partial charge in [0, 0.05) is 26.8 Å². The summed E-state index contributed by atoms with van der Waals surface area (Å²) in [5.41, 5.74) is 1.15. The second-order valence-corrected chi connectivity index (χ2v) is 4.45. The van der Waals surface area contributed by atoms with Gasteiger partial charge in [0.25, 0.3) is 0 Å². The van der Waals surface area contributed by atoms with Gasteiger partial charge in [-0.1, -0.05) is 6.42 Å². The van der Waals surface area contributed by atoms with Crippen molar-refractivity contribution in [3.8, 4) is 0 Å². The van der Waals surface area contributed by atoms with Crippen LogP contribution in [0.2, 0.25) is 0 Å². The number of rotatable bonds is 4. The molecular weight excluding hydrogens is 186 g/mol. The molecule has 2 rings (SSSR count). The summed E-state index contributed by atoms with van der Waals surface area (Å²) >= 11 is 0. The van der Waals surface area contributed by atoms with Crippen LogP contribution >= 0.6 is 0 Å². The lowest BCUT2D eigenvalue weighted by molar-refractivity contribution is 0.333. The number of pyridine rings is 1. The second kappa shape index (κ2) is 4.51. The van der Waals surface area contributed by atoms with Gasteiger partial charge in [0.15, 0.2) is 5.82 Å². The maximum atomic E-state index is 4.36. The Kier molecular flexibility index (Phi) is 3.09. The van der Waals surface area contributed by atoms with Gasteiger partial charge in [0.1, 0.15) is 0 Å². The van der Waals surface area contributed by atoms with E-state index in [9.17, 15) is 0 Å². The van der Waals surface area contributed by atoms with Gasteiger partial charge in [-0.2, -0.15) is 0 Å². The molecule has 1 aromatic rings. The maximum absolute atomic E-state index is 4.36. The third kappa shape index (κ3) is 2.41. The SMILES string of the molecule is CN(C)c1ncccc1NCC1CCC1. The predicted molar refractivity (Wildman–Crippen MR) is 64.4 cm³/mol. The van der Waals surface area contributed by atoms with Gasteiger partial charge < -0.3 is 10.2 Å². The summed E-state index contributed by atoms with van der Waals surface area (Å²) < 4.78 is 0. The number of aromatic nitrogens is 1. The van der Waals surface area contributed by atoms with Crippen LogP contribution in [0.4, 0.5) is 11.5 Å². The van der Waals surface area contributed by atoms with E-state index in [1.165, 1.54) is 19.3 Å². The van der Waals surface area contributed by atoms with Crippen molar-refractivity contribution in [2.45, 2.75) is 19.3 Å². The fourth-order valence-corrected chi connectivity index (χ4v) is 1.84. The van der Waals surface area contributed by atoms with E-state index >= 15 is 0 Å².